The quantitative estimate of drug-likeness (QED) is 0.696. The summed E-state index contributed by atoms with van der Waals surface area (Å²) in [5.74, 6) is 1.13. The first-order valence-corrected chi connectivity index (χ1v) is 12.3. The number of carbonyl (C=O) groups is 1. The highest BCUT2D eigenvalue weighted by Gasteiger charge is 2.32. The molecular weight excluding hydrogens is 406 g/mol. The van der Waals surface area contributed by atoms with Crippen LogP contribution < -0.4 is 9.47 Å². The van der Waals surface area contributed by atoms with Crippen molar-refractivity contribution in [2.45, 2.75) is 43.5 Å². The molecular formula is C21H31N3O5S. The van der Waals surface area contributed by atoms with E-state index in [1.54, 1.807) is 17.0 Å². The van der Waals surface area contributed by atoms with E-state index in [4.69, 9.17) is 9.47 Å². The van der Waals surface area contributed by atoms with Gasteiger partial charge in [-0.2, -0.15) is 4.31 Å². The van der Waals surface area contributed by atoms with Crippen LogP contribution in [0.1, 0.15) is 32.6 Å². The van der Waals surface area contributed by atoms with Gasteiger partial charge in [-0.05, 0) is 37.9 Å². The fourth-order valence-electron chi connectivity index (χ4n) is 4.52. The molecule has 1 aromatic rings. The molecule has 0 aromatic heterocycles. The van der Waals surface area contributed by atoms with Crippen LogP contribution in [-0.4, -0.2) is 87.0 Å². The first-order chi connectivity index (χ1) is 14.5. The summed E-state index contributed by atoms with van der Waals surface area (Å²) in [6.07, 6.45) is 4.60. The van der Waals surface area contributed by atoms with Crippen LogP contribution in [0, 0.1) is 0 Å². The first-order valence-electron chi connectivity index (χ1n) is 10.9. The predicted molar refractivity (Wildman–Crippen MR) is 112 cm³/mol. The van der Waals surface area contributed by atoms with Crippen molar-refractivity contribution in [3.8, 4) is 11.5 Å². The molecule has 0 N–H and O–H groups in total. The standard InChI is InChI=1S/C21H31N3O5S/c1-2-17-5-3-4-8-23(17)16-21(25)22-9-11-24(12-10-22)30(26,27)18-6-7-19-20(15-18)29-14-13-28-19/h6-7,15,17H,2-5,8-14,16H2,1H3. The van der Waals surface area contributed by atoms with Gasteiger partial charge >= 0.3 is 0 Å². The molecule has 1 amide bonds. The second-order valence-electron chi connectivity index (χ2n) is 8.12. The van der Waals surface area contributed by atoms with Crippen molar-refractivity contribution in [1.29, 1.82) is 0 Å². The van der Waals surface area contributed by atoms with Gasteiger partial charge in [0.15, 0.2) is 11.5 Å². The Bertz CT molecular complexity index is 867. The lowest BCUT2D eigenvalue weighted by Gasteiger charge is -2.38. The van der Waals surface area contributed by atoms with Crippen LogP contribution in [0.2, 0.25) is 0 Å². The number of fused-ring (bicyclic) bond motifs is 1. The zero-order valence-electron chi connectivity index (χ0n) is 17.6. The van der Waals surface area contributed by atoms with Crippen molar-refractivity contribution in [1.82, 2.24) is 14.1 Å². The summed E-state index contributed by atoms with van der Waals surface area (Å²) < 4.78 is 38.6. The van der Waals surface area contributed by atoms with Crippen molar-refractivity contribution in [3.63, 3.8) is 0 Å². The minimum absolute atomic E-state index is 0.103. The number of likely N-dealkylation sites (tertiary alicyclic amines) is 1. The number of piperidine rings is 1. The van der Waals surface area contributed by atoms with Gasteiger partial charge in [-0.3, -0.25) is 9.69 Å². The second kappa shape index (κ2) is 9.11. The number of hydrogen-bond acceptors (Lipinski definition) is 6. The summed E-state index contributed by atoms with van der Waals surface area (Å²) in [7, 11) is -3.64. The number of hydrogen-bond donors (Lipinski definition) is 0. The maximum Gasteiger partial charge on any atom is 0.243 e. The van der Waals surface area contributed by atoms with E-state index in [-0.39, 0.29) is 10.8 Å². The molecule has 0 radical (unpaired) electrons. The highest BCUT2D eigenvalue weighted by molar-refractivity contribution is 7.89. The van der Waals surface area contributed by atoms with E-state index < -0.39 is 10.0 Å². The maximum atomic E-state index is 13.1. The van der Waals surface area contributed by atoms with Crippen molar-refractivity contribution in [2.24, 2.45) is 0 Å². The first kappa shape index (κ1) is 21.4. The van der Waals surface area contributed by atoms with Gasteiger partial charge in [0.1, 0.15) is 13.2 Å². The molecule has 3 heterocycles. The molecule has 0 saturated carbocycles. The molecule has 0 spiro atoms. The number of piperazine rings is 1. The van der Waals surface area contributed by atoms with Crippen molar-refractivity contribution in [2.75, 3.05) is 52.5 Å². The van der Waals surface area contributed by atoms with Gasteiger partial charge in [-0.25, -0.2) is 8.42 Å². The molecule has 2 saturated heterocycles. The lowest BCUT2D eigenvalue weighted by molar-refractivity contribution is -0.134. The molecule has 1 aromatic carbocycles. The van der Waals surface area contributed by atoms with Crippen LogP contribution in [0.25, 0.3) is 0 Å². The summed E-state index contributed by atoms with van der Waals surface area (Å²) in [4.78, 5) is 17.1. The Hall–Kier alpha value is -1.84. The summed E-state index contributed by atoms with van der Waals surface area (Å²) >= 11 is 0. The van der Waals surface area contributed by atoms with Gasteiger partial charge in [0, 0.05) is 38.3 Å². The minimum atomic E-state index is -3.64. The lowest BCUT2D eigenvalue weighted by atomic mass is 10.00. The Labute approximate surface area is 178 Å². The van der Waals surface area contributed by atoms with Gasteiger partial charge in [0.05, 0.1) is 11.4 Å². The Morgan fingerprint density at radius 1 is 1.03 bits per heavy atom. The van der Waals surface area contributed by atoms with Crippen molar-refractivity contribution >= 4 is 15.9 Å². The maximum absolute atomic E-state index is 13.1. The predicted octanol–water partition coefficient (Wildman–Crippen LogP) is 1.56. The normalized spacial score (nSPS) is 23.4. The molecule has 2 fully saturated rings. The van der Waals surface area contributed by atoms with Crippen molar-refractivity contribution < 1.29 is 22.7 Å². The highest BCUT2D eigenvalue weighted by Crippen LogP contribution is 2.33. The zero-order valence-corrected chi connectivity index (χ0v) is 18.4. The number of carbonyl (C=O) groups excluding carboxylic acids is 1. The summed E-state index contributed by atoms with van der Waals surface area (Å²) in [6, 6.07) is 5.22. The van der Waals surface area contributed by atoms with Crippen LogP contribution in [-0.2, 0) is 14.8 Å². The molecule has 30 heavy (non-hydrogen) atoms. The number of amides is 1. The van der Waals surface area contributed by atoms with Crippen LogP contribution in [0.3, 0.4) is 0 Å². The summed E-state index contributed by atoms with van der Waals surface area (Å²) in [5.41, 5.74) is 0. The van der Waals surface area contributed by atoms with E-state index in [0.29, 0.717) is 63.5 Å². The third-order valence-corrected chi connectivity index (χ3v) is 8.20. The summed E-state index contributed by atoms with van der Waals surface area (Å²) in [5, 5.41) is 0. The third kappa shape index (κ3) is 4.43. The number of ether oxygens (including phenoxy) is 2. The smallest absolute Gasteiger partial charge is 0.243 e. The molecule has 4 rings (SSSR count). The van der Waals surface area contributed by atoms with Gasteiger partial charge in [-0.15, -0.1) is 0 Å². The van der Waals surface area contributed by atoms with Gasteiger partial charge < -0.3 is 14.4 Å². The van der Waals surface area contributed by atoms with E-state index in [9.17, 15) is 13.2 Å². The van der Waals surface area contributed by atoms with Crippen LogP contribution in [0.4, 0.5) is 0 Å². The average molecular weight is 438 g/mol. The Morgan fingerprint density at radius 3 is 2.50 bits per heavy atom. The topological polar surface area (TPSA) is 79.4 Å². The molecule has 0 bridgehead atoms. The van der Waals surface area contributed by atoms with Crippen LogP contribution in [0.5, 0.6) is 11.5 Å². The minimum Gasteiger partial charge on any atom is -0.486 e. The van der Waals surface area contributed by atoms with E-state index in [2.05, 4.69) is 11.8 Å². The lowest BCUT2D eigenvalue weighted by Crippen LogP contribution is -2.53. The number of rotatable bonds is 5. The Balaban J connectivity index is 1.36. The average Bonchev–Trinajstić information content (AvgIpc) is 2.79. The molecule has 9 heteroatoms. The number of benzene rings is 1. The van der Waals surface area contributed by atoms with E-state index in [1.165, 1.54) is 16.8 Å². The van der Waals surface area contributed by atoms with Gasteiger partial charge in [-0.1, -0.05) is 13.3 Å². The fourth-order valence-corrected chi connectivity index (χ4v) is 5.95. The molecule has 0 aliphatic carbocycles. The Kier molecular flexibility index (Phi) is 6.50. The third-order valence-electron chi connectivity index (χ3n) is 6.30. The molecule has 3 aliphatic heterocycles. The Morgan fingerprint density at radius 2 is 1.77 bits per heavy atom. The molecule has 3 aliphatic rings. The molecule has 8 nitrogen and oxygen atoms in total. The van der Waals surface area contributed by atoms with Crippen LogP contribution in [0.15, 0.2) is 23.1 Å². The fraction of sp³-hybridized carbons (Fsp3) is 0.667. The SMILES string of the molecule is CCC1CCCCN1CC(=O)N1CCN(S(=O)(=O)c2ccc3c(c2)OCCO3)CC1. The highest BCUT2D eigenvalue weighted by atomic mass is 32.2. The van der Waals surface area contributed by atoms with Crippen LogP contribution >= 0.6 is 0 Å². The largest absolute Gasteiger partial charge is 0.486 e. The van der Waals surface area contributed by atoms with E-state index in [0.717, 1.165) is 25.8 Å². The second-order valence-corrected chi connectivity index (χ2v) is 10.1. The molecule has 1 unspecified atom stereocenters. The van der Waals surface area contributed by atoms with Gasteiger partial charge in [0.25, 0.3) is 0 Å². The van der Waals surface area contributed by atoms with Gasteiger partial charge in [0.2, 0.25) is 15.9 Å². The number of nitrogens with zero attached hydrogens (tertiary/aromatic N) is 3. The number of sulfonamides is 1. The molecule has 1 atom stereocenters. The zero-order chi connectivity index (χ0) is 21.1. The van der Waals surface area contributed by atoms with Crippen molar-refractivity contribution in [3.05, 3.63) is 18.2 Å². The molecule has 166 valence electrons. The van der Waals surface area contributed by atoms with E-state index >= 15 is 0 Å². The van der Waals surface area contributed by atoms with E-state index in [1.807, 2.05) is 0 Å². The summed E-state index contributed by atoms with van der Waals surface area (Å²) in [6.45, 7) is 5.92. The monoisotopic (exact) mass is 437 g/mol.